The molecule has 0 bridgehead atoms. The van der Waals surface area contributed by atoms with Crippen LogP contribution in [0.3, 0.4) is 0 Å². The van der Waals surface area contributed by atoms with Gasteiger partial charge in [0.1, 0.15) is 5.01 Å². The minimum atomic E-state index is -0.0156. The highest BCUT2D eigenvalue weighted by molar-refractivity contribution is 7.18. The number of likely N-dealkylation sites (tertiary alicyclic amines) is 1. The van der Waals surface area contributed by atoms with Gasteiger partial charge in [0.2, 0.25) is 5.91 Å². The third kappa shape index (κ3) is 3.20. The summed E-state index contributed by atoms with van der Waals surface area (Å²) in [5.41, 5.74) is 2.37. The first-order valence-corrected chi connectivity index (χ1v) is 8.42. The average molecular weight is 316 g/mol. The van der Waals surface area contributed by atoms with E-state index in [9.17, 15) is 4.79 Å². The maximum atomic E-state index is 11.6. The normalized spacial score (nSPS) is 18.0. The highest BCUT2D eigenvalue weighted by Crippen LogP contribution is 2.25. The smallest absolute Gasteiger partial charge is 0.246 e. The molecule has 1 amide bonds. The first kappa shape index (κ1) is 15.2. The van der Waals surface area contributed by atoms with Crippen molar-refractivity contribution in [2.45, 2.75) is 32.5 Å². The summed E-state index contributed by atoms with van der Waals surface area (Å²) in [6.45, 7) is 7.59. The molecule has 1 aliphatic heterocycles. The van der Waals surface area contributed by atoms with Crippen LogP contribution in [0.4, 0.5) is 0 Å². The summed E-state index contributed by atoms with van der Waals surface area (Å²) >= 11 is 1.69. The molecule has 3 rings (SSSR count). The Balaban J connectivity index is 1.60. The van der Waals surface area contributed by atoms with Crippen molar-refractivity contribution < 1.29 is 9.53 Å². The summed E-state index contributed by atoms with van der Waals surface area (Å²) in [7, 11) is 0. The van der Waals surface area contributed by atoms with Crippen molar-refractivity contribution in [1.82, 2.24) is 9.88 Å². The van der Waals surface area contributed by atoms with Gasteiger partial charge in [-0.05, 0) is 36.6 Å². The molecule has 1 atom stereocenters. The van der Waals surface area contributed by atoms with E-state index in [0.29, 0.717) is 13.2 Å². The fraction of sp³-hybridized carbons (Fsp3) is 0.412. The molecular weight excluding hydrogens is 296 g/mol. The van der Waals surface area contributed by atoms with Crippen LogP contribution in [-0.2, 0) is 22.6 Å². The number of aromatic nitrogens is 1. The number of benzene rings is 1. The van der Waals surface area contributed by atoms with Gasteiger partial charge in [-0.1, -0.05) is 19.6 Å². The van der Waals surface area contributed by atoms with Crippen LogP contribution in [0.5, 0.6) is 0 Å². The second kappa shape index (κ2) is 6.58. The van der Waals surface area contributed by atoms with Crippen LogP contribution in [0.15, 0.2) is 30.9 Å². The zero-order chi connectivity index (χ0) is 15.5. The van der Waals surface area contributed by atoms with E-state index >= 15 is 0 Å². The lowest BCUT2D eigenvalue weighted by Crippen LogP contribution is -2.28. The van der Waals surface area contributed by atoms with E-state index in [1.807, 2.05) is 0 Å². The second-order valence-electron chi connectivity index (χ2n) is 5.47. The van der Waals surface area contributed by atoms with Crippen LogP contribution in [0.2, 0.25) is 0 Å². The van der Waals surface area contributed by atoms with Gasteiger partial charge in [-0.3, -0.25) is 4.79 Å². The summed E-state index contributed by atoms with van der Waals surface area (Å²) < 4.78 is 7.14. The molecule has 1 aromatic carbocycles. The predicted molar refractivity (Wildman–Crippen MR) is 89.0 cm³/mol. The van der Waals surface area contributed by atoms with Gasteiger partial charge in [-0.2, -0.15) is 0 Å². The monoisotopic (exact) mass is 316 g/mol. The van der Waals surface area contributed by atoms with Gasteiger partial charge in [0.05, 0.1) is 22.9 Å². The van der Waals surface area contributed by atoms with Gasteiger partial charge in [0, 0.05) is 13.1 Å². The Hall–Kier alpha value is -1.72. The standard InChI is InChI=1S/C17H20N2O2S/c1-3-12-5-6-14-15(9-12)22-16(18-14)11-21-13-7-8-19(10-13)17(20)4-2/h4-6,9,13H,2-3,7-8,10-11H2,1H3/t13-/m0/s1. The molecule has 0 radical (unpaired) electrons. The number of nitrogens with zero attached hydrogens (tertiary/aromatic N) is 2. The highest BCUT2D eigenvalue weighted by atomic mass is 32.1. The van der Waals surface area contributed by atoms with Crippen molar-refractivity contribution >= 4 is 27.5 Å². The number of thiazole rings is 1. The van der Waals surface area contributed by atoms with Gasteiger partial charge >= 0.3 is 0 Å². The lowest BCUT2D eigenvalue weighted by molar-refractivity contribution is -0.125. The number of fused-ring (bicyclic) bond motifs is 1. The lowest BCUT2D eigenvalue weighted by atomic mass is 10.2. The molecule has 0 N–H and O–H groups in total. The number of carbonyl (C=O) groups excluding carboxylic acids is 1. The Labute approximate surface area is 134 Å². The number of hydrogen-bond donors (Lipinski definition) is 0. The number of amides is 1. The van der Waals surface area contributed by atoms with Crippen LogP contribution < -0.4 is 0 Å². The molecular formula is C17H20N2O2S. The summed E-state index contributed by atoms with van der Waals surface area (Å²) in [4.78, 5) is 18.0. The molecule has 0 saturated carbocycles. The number of rotatable bonds is 5. The zero-order valence-corrected chi connectivity index (χ0v) is 13.6. The van der Waals surface area contributed by atoms with Gasteiger partial charge in [0.25, 0.3) is 0 Å². The molecule has 2 heterocycles. The van der Waals surface area contributed by atoms with E-state index in [-0.39, 0.29) is 12.0 Å². The molecule has 5 heteroatoms. The van der Waals surface area contributed by atoms with Gasteiger partial charge in [-0.25, -0.2) is 4.98 Å². The zero-order valence-electron chi connectivity index (χ0n) is 12.7. The largest absolute Gasteiger partial charge is 0.369 e. The molecule has 2 aromatic rings. The Morgan fingerprint density at radius 1 is 1.59 bits per heavy atom. The summed E-state index contributed by atoms with van der Waals surface area (Å²) in [6.07, 6.45) is 3.38. The fourth-order valence-corrected chi connectivity index (χ4v) is 3.63. The van der Waals surface area contributed by atoms with Crippen molar-refractivity contribution in [2.75, 3.05) is 13.1 Å². The van der Waals surface area contributed by atoms with Crippen molar-refractivity contribution in [3.8, 4) is 0 Å². The van der Waals surface area contributed by atoms with Crippen molar-refractivity contribution in [3.05, 3.63) is 41.4 Å². The van der Waals surface area contributed by atoms with E-state index in [1.165, 1.54) is 16.3 Å². The molecule has 0 unspecified atom stereocenters. The quantitative estimate of drug-likeness (QED) is 0.796. The van der Waals surface area contributed by atoms with Crippen LogP contribution in [0, 0.1) is 0 Å². The Morgan fingerprint density at radius 3 is 3.23 bits per heavy atom. The van der Waals surface area contributed by atoms with Crippen LogP contribution in [0.1, 0.15) is 23.9 Å². The summed E-state index contributed by atoms with van der Waals surface area (Å²) in [5, 5.41) is 0.997. The van der Waals surface area contributed by atoms with Crippen LogP contribution in [-0.4, -0.2) is 35.0 Å². The predicted octanol–water partition coefficient (Wildman–Crippen LogP) is 3.16. The third-order valence-electron chi connectivity index (χ3n) is 3.98. The van der Waals surface area contributed by atoms with E-state index < -0.39 is 0 Å². The summed E-state index contributed by atoms with van der Waals surface area (Å²) in [5.74, 6) is -0.0156. The Morgan fingerprint density at radius 2 is 2.45 bits per heavy atom. The highest BCUT2D eigenvalue weighted by Gasteiger charge is 2.25. The van der Waals surface area contributed by atoms with Crippen molar-refractivity contribution in [3.63, 3.8) is 0 Å². The summed E-state index contributed by atoms with van der Waals surface area (Å²) in [6, 6.07) is 6.41. The van der Waals surface area contributed by atoms with E-state index in [1.54, 1.807) is 16.2 Å². The van der Waals surface area contributed by atoms with Gasteiger partial charge < -0.3 is 9.64 Å². The molecule has 22 heavy (non-hydrogen) atoms. The Kier molecular flexibility index (Phi) is 4.55. The fourth-order valence-electron chi connectivity index (χ4n) is 2.68. The number of hydrogen-bond acceptors (Lipinski definition) is 4. The van der Waals surface area contributed by atoms with Crippen molar-refractivity contribution in [1.29, 1.82) is 0 Å². The van der Waals surface area contributed by atoms with Gasteiger partial charge in [-0.15, -0.1) is 11.3 Å². The number of ether oxygens (including phenoxy) is 1. The first-order chi connectivity index (χ1) is 10.7. The maximum Gasteiger partial charge on any atom is 0.246 e. The molecule has 1 aromatic heterocycles. The Bertz CT molecular complexity index is 695. The second-order valence-corrected chi connectivity index (χ2v) is 6.59. The lowest BCUT2D eigenvalue weighted by Gasteiger charge is -2.14. The number of aryl methyl sites for hydroxylation is 1. The number of carbonyl (C=O) groups is 1. The molecule has 4 nitrogen and oxygen atoms in total. The topological polar surface area (TPSA) is 42.4 Å². The van der Waals surface area contributed by atoms with E-state index in [2.05, 4.69) is 36.7 Å². The minimum Gasteiger partial charge on any atom is -0.369 e. The average Bonchev–Trinajstić information content (AvgIpc) is 3.17. The SMILES string of the molecule is C=CC(=O)N1CC[C@H](OCc2nc3ccc(CC)cc3s2)C1. The minimum absolute atomic E-state index is 0.0156. The molecule has 116 valence electrons. The molecule has 1 aliphatic rings. The van der Waals surface area contributed by atoms with Gasteiger partial charge in [0.15, 0.2) is 0 Å². The third-order valence-corrected chi connectivity index (χ3v) is 4.97. The van der Waals surface area contributed by atoms with E-state index in [0.717, 1.165) is 29.9 Å². The first-order valence-electron chi connectivity index (χ1n) is 7.61. The van der Waals surface area contributed by atoms with Crippen LogP contribution in [0.25, 0.3) is 10.2 Å². The molecule has 1 fully saturated rings. The molecule has 0 spiro atoms. The molecule has 1 saturated heterocycles. The maximum absolute atomic E-state index is 11.6. The van der Waals surface area contributed by atoms with Crippen molar-refractivity contribution in [2.24, 2.45) is 0 Å². The van der Waals surface area contributed by atoms with E-state index in [4.69, 9.17) is 4.74 Å². The van der Waals surface area contributed by atoms with Crippen LogP contribution >= 0.6 is 11.3 Å². The molecule has 0 aliphatic carbocycles.